The van der Waals surface area contributed by atoms with Crippen molar-refractivity contribution in [1.29, 1.82) is 0 Å². The van der Waals surface area contributed by atoms with Crippen LogP contribution in [0.4, 0.5) is 0 Å². The highest BCUT2D eigenvalue weighted by Gasteiger charge is 2.28. The highest BCUT2D eigenvalue weighted by molar-refractivity contribution is 14.0. The third kappa shape index (κ3) is 6.80. The number of benzene rings is 1. The summed E-state index contributed by atoms with van der Waals surface area (Å²) < 4.78 is 10.8. The van der Waals surface area contributed by atoms with Gasteiger partial charge >= 0.3 is 0 Å². The summed E-state index contributed by atoms with van der Waals surface area (Å²) in [5, 5.41) is 11.2. The molecule has 8 nitrogen and oxygen atoms in total. The fraction of sp³-hybridized carbons (Fsp3) is 0.526. The van der Waals surface area contributed by atoms with Gasteiger partial charge in [-0.25, -0.2) is 0 Å². The molecule has 0 radical (unpaired) electrons. The lowest BCUT2D eigenvalue weighted by Crippen LogP contribution is -2.56. The van der Waals surface area contributed by atoms with E-state index in [9.17, 15) is 0 Å². The van der Waals surface area contributed by atoms with E-state index >= 15 is 0 Å². The quantitative estimate of drug-likeness (QED) is 0.335. The Morgan fingerprint density at radius 2 is 2.03 bits per heavy atom. The lowest BCUT2D eigenvalue weighted by molar-refractivity contribution is -0.00834. The highest BCUT2D eigenvalue weighted by Crippen LogP contribution is 2.20. The van der Waals surface area contributed by atoms with Crippen LogP contribution in [0.2, 0.25) is 5.02 Å². The van der Waals surface area contributed by atoms with Crippen LogP contribution in [0.25, 0.3) is 11.4 Å². The van der Waals surface area contributed by atoms with E-state index in [1.807, 2.05) is 18.2 Å². The SMILES string of the molecule is CN=C(NCc1nc(-c2cccc(Cl)c2)no1)NCC(C)(C)N1CCOCC1.I. The molecule has 10 heteroatoms. The summed E-state index contributed by atoms with van der Waals surface area (Å²) in [6, 6.07) is 7.36. The van der Waals surface area contributed by atoms with Gasteiger partial charge in [-0.1, -0.05) is 28.9 Å². The number of nitrogens with zero attached hydrogens (tertiary/aromatic N) is 4. The Morgan fingerprint density at radius 1 is 1.28 bits per heavy atom. The molecule has 2 N–H and O–H groups in total. The average Bonchev–Trinajstić information content (AvgIpc) is 3.18. The van der Waals surface area contributed by atoms with Crippen LogP contribution < -0.4 is 10.6 Å². The Hall–Kier alpha value is -1.43. The summed E-state index contributed by atoms with van der Waals surface area (Å²) in [6.45, 7) is 9.01. The Balaban J connectivity index is 0.00000300. The van der Waals surface area contributed by atoms with Gasteiger partial charge in [-0.15, -0.1) is 24.0 Å². The normalized spacial score (nSPS) is 15.7. The summed E-state index contributed by atoms with van der Waals surface area (Å²) >= 11 is 6.02. The Labute approximate surface area is 193 Å². The number of guanidine groups is 1. The number of ether oxygens (including phenoxy) is 1. The zero-order valence-electron chi connectivity index (χ0n) is 16.9. The highest BCUT2D eigenvalue weighted by atomic mass is 127. The molecule has 1 fully saturated rings. The maximum Gasteiger partial charge on any atom is 0.246 e. The Kier molecular flexibility index (Phi) is 9.12. The predicted molar refractivity (Wildman–Crippen MR) is 125 cm³/mol. The molecule has 0 spiro atoms. The average molecular weight is 535 g/mol. The first-order valence-electron chi connectivity index (χ1n) is 9.34. The first-order chi connectivity index (χ1) is 13.5. The predicted octanol–water partition coefficient (Wildman–Crippen LogP) is 2.78. The zero-order valence-corrected chi connectivity index (χ0v) is 20.0. The van der Waals surface area contributed by atoms with Gasteiger partial charge in [0, 0.05) is 42.8 Å². The number of aromatic nitrogens is 2. The molecule has 1 aliphatic heterocycles. The van der Waals surface area contributed by atoms with Gasteiger partial charge in [-0.05, 0) is 26.0 Å². The van der Waals surface area contributed by atoms with Crippen LogP contribution in [-0.2, 0) is 11.3 Å². The van der Waals surface area contributed by atoms with Gasteiger partial charge in [0.25, 0.3) is 0 Å². The molecule has 0 saturated carbocycles. The lowest BCUT2D eigenvalue weighted by Gasteiger charge is -2.41. The maximum absolute atomic E-state index is 6.02. The molecule has 1 saturated heterocycles. The van der Waals surface area contributed by atoms with Crippen LogP contribution in [0, 0.1) is 0 Å². The molecular weight excluding hydrogens is 507 g/mol. The van der Waals surface area contributed by atoms with E-state index in [-0.39, 0.29) is 29.5 Å². The van der Waals surface area contributed by atoms with E-state index in [2.05, 4.69) is 44.5 Å². The summed E-state index contributed by atoms with van der Waals surface area (Å²) in [5.74, 6) is 1.67. The van der Waals surface area contributed by atoms with Crippen molar-refractivity contribution in [3.05, 3.63) is 35.2 Å². The van der Waals surface area contributed by atoms with Gasteiger partial charge in [0.2, 0.25) is 11.7 Å². The third-order valence-electron chi connectivity index (χ3n) is 4.74. The summed E-state index contributed by atoms with van der Waals surface area (Å²) in [7, 11) is 1.74. The molecule has 0 unspecified atom stereocenters. The Bertz CT molecular complexity index is 808. The van der Waals surface area contributed by atoms with E-state index in [1.165, 1.54) is 0 Å². The van der Waals surface area contributed by atoms with Crippen LogP contribution in [0.3, 0.4) is 0 Å². The molecule has 160 valence electrons. The molecule has 0 aliphatic carbocycles. The van der Waals surface area contributed by atoms with E-state index in [0.717, 1.165) is 38.4 Å². The number of hydrogen-bond donors (Lipinski definition) is 2. The van der Waals surface area contributed by atoms with Crippen molar-refractivity contribution in [3.8, 4) is 11.4 Å². The maximum atomic E-state index is 6.02. The number of aliphatic imine (C=N–C) groups is 1. The van der Waals surface area contributed by atoms with E-state index in [0.29, 0.717) is 29.2 Å². The molecule has 3 rings (SSSR count). The molecule has 29 heavy (non-hydrogen) atoms. The fourth-order valence-electron chi connectivity index (χ4n) is 3.03. The first-order valence-corrected chi connectivity index (χ1v) is 9.71. The molecule has 0 atom stereocenters. The minimum absolute atomic E-state index is 0. The molecule has 0 amide bonds. The van der Waals surface area contributed by atoms with E-state index < -0.39 is 0 Å². The van der Waals surface area contributed by atoms with Gasteiger partial charge in [0.05, 0.1) is 19.8 Å². The zero-order chi connectivity index (χ0) is 20.0. The molecule has 1 aromatic carbocycles. The van der Waals surface area contributed by atoms with Crippen LogP contribution in [0.5, 0.6) is 0 Å². The minimum Gasteiger partial charge on any atom is -0.379 e. The van der Waals surface area contributed by atoms with Crippen molar-refractivity contribution < 1.29 is 9.26 Å². The largest absolute Gasteiger partial charge is 0.379 e. The second-order valence-electron chi connectivity index (χ2n) is 7.21. The molecule has 1 aromatic heterocycles. The third-order valence-corrected chi connectivity index (χ3v) is 4.97. The van der Waals surface area contributed by atoms with Crippen molar-refractivity contribution in [2.24, 2.45) is 4.99 Å². The van der Waals surface area contributed by atoms with Crippen LogP contribution in [0.1, 0.15) is 19.7 Å². The van der Waals surface area contributed by atoms with Gasteiger partial charge in [0.15, 0.2) is 5.96 Å². The molecule has 1 aliphatic rings. The van der Waals surface area contributed by atoms with Crippen LogP contribution in [-0.4, -0.2) is 66.4 Å². The second-order valence-corrected chi connectivity index (χ2v) is 7.65. The number of rotatable bonds is 6. The number of morpholine rings is 1. The van der Waals surface area contributed by atoms with Crippen molar-refractivity contribution in [2.75, 3.05) is 39.9 Å². The van der Waals surface area contributed by atoms with E-state index in [4.69, 9.17) is 20.9 Å². The van der Waals surface area contributed by atoms with Gasteiger partial charge in [0.1, 0.15) is 0 Å². The smallest absolute Gasteiger partial charge is 0.246 e. The minimum atomic E-state index is -0.00830. The van der Waals surface area contributed by atoms with Crippen LogP contribution in [0.15, 0.2) is 33.8 Å². The van der Waals surface area contributed by atoms with Gasteiger partial charge in [-0.3, -0.25) is 9.89 Å². The molecule has 2 heterocycles. The van der Waals surface area contributed by atoms with Crippen LogP contribution >= 0.6 is 35.6 Å². The monoisotopic (exact) mass is 534 g/mol. The summed E-state index contributed by atoms with van der Waals surface area (Å²) in [4.78, 5) is 11.1. The number of nitrogens with one attached hydrogen (secondary N) is 2. The van der Waals surface area contributed by atoms with Crippen molar-refractivity contribution >= 4 is 41.5 Å². The van der Waals surface area contributed by atoms with Crippen molar-refractivity contribution in [2.45, 2.75) is 25.9 Å². The van der Waals surface area contributed by atoms with Gasteiger partial charge < -0.3 is 19.9 Å². The standard InChI is InChI=1S/C19H27ClN6O2.HI/c1-19(2,26-7-9-27-10-8-26)13-23-18(21-3)22-12-16-24-17(25-28-16)14-5-4-6-15(20)11-14;/h4-6,11H,7-10,12-13H2,1-3H3,(H2,21,22,23);1H. The molecular formula is C19H28ClIN6O2. The fourth-order valence-corrected chi connectivity index (χ4v) is 3.22. The molecule has 0 bridgehead atoms. The van der Waals surface area contributed by atoms with E-state index in [1.54, 1.807) is 13.1 Å². The van der Waals surface area contributed by atoms with Crippen molar-refractivity contribution in [3.63, 3.8) is 0 Å². The first kappa shape index (κ1) is 23.8. The lowest BCUT2D eigenvalue weighted by atomic mass is 10.0. The molecule has 2 aromatic rings. The number of halogens is 2. The number of hydrogen-bond acceptors (Lipinski definition) is 6. The van der Waals surface area contributed by atoms with Crippen molar-refractivity contribution in [1.82, 2.24) is 25.7 Å². The van der Waals surface area contributed by atoms with Gasteiger partial charge in [-0.2, -0.15) is 4.98 Å². The Morgan fingerprint density at radius 3 is 2.72 bits per heavy atom. The summed E-state index contributed by atoms with van der Waals surface area (Å²) in [6.07, 6.45) is 0. The summed E-state index contributed by atoms with van der Waals surface area (Å²) in [5.41, 5.74) is 0.809. The second kappa shape index (κ2) is 11.1. The topological polar surface area (TPSA) is 87.8 Å².